The predicted molar refractivity (Wildman–Crippen MR) is 102 cm³/mol. The number of aromatic hydroxyl groups is 1. The first kappa shape index (κ1) is 17.7. The van der Waals surface area contributed by atoms with Crippen molar-refractivity contribution in [3.8, 4) is 16.9 Å². The quantitative estimate of drug-likeness (QED) is 0.712. The summed E-state index contributed by atoms with van der Waals surface area (Å²) in [5.74, 6) is -0.298. The number of benzene rings is 1. The van der Waals surface area contributed by atoms with Crippen molar-refractivity contribution in [3.05, 3.63) is 71.3 Å². The number of rotatable bonds is 6. The summed E-state index contributed by atoms with van der Waals surface area (Å²) >= 11 is 0. The van der Waals surface area contributed by atoms with E-state index in [9.17, 15) is 9.90 Å². The average Bonchev–Trinajstić information content (AvgIpc) is 2.89. The molecule has 1 aromatic carbocycles. The molecule has 0 spiro atoms. The van der Waals surface area contributed by atoms with E-state index in [1.165, 1.54) is 0 Å². The molecule has 5 heteroatoms. The molecule has 0 aliphatic heterocycles. The van der Waals surface area contributed by atoms with Crippen LogP contribution in [-0.4, -0.2) is 20.6 Å². The summed E-state index contributed by atoms with van der Waals surface area (Å²) in [6, 6.07) is 12.8. The van der Waals surface area contributed by atoms with Crippen molar-refractivity contribution in [2.75, 3.05) is 0 Å². The maximum Gasteiger partial charge on any atom is 0.251 e. The number of carbonyl (C=O) groups is 1. The summed E-state index contributed by atoms with van der Waals surface area (Å²) in [4.78, 5) is 16.7. The summed E-state index contributed by atoms with van der Waals surface area (Å²) in [5.41, 5.74) is 10.6. The molecule has 3 N–H and O–H groups in total. The summed E-state index contributed by atoms with van der Waals surface area (Å²) in [6.07, 6.45) is 3.49. The SMILES string of the molecule is CCCc1c(-c2cccc(O)c2)c(C(N)=O)c(C)n1Cc1ccccn1. The van der Waals surface area contributed by atoms with Gasteiger partial charge in [0.1, 0.15) is 5.75 Å². The van der Waals surface area contributed by atoms with E-state index < -0.39 is 5.91 Å². The zero-order valence-corrected chi connectivity index (χ0v) is 15.1. The van der Waals surface area contributed by atoms with Crippen molar-refractivity contribution in [1.82, 2.24) is 9.55 Å². The predicted octanol–water partition coefficient (Wildman–Crippen LogP) is 3.66. The van der Waals surface area contributed by atoms with Crippen LogP contribution >= 0.6 is 0 Å². The van der Waals surface area contributed by atoms with Crippen LogP contribution in [0, 0.1) is 6.92 Å². The fraction of sp³-hybridized carbons (Fsp3) is 0.238. The van der Waals surface area contributed by atoms with Crippen LogP contribution in [-0.2, 0) is 13.0 Å². The highest BCUT2D eigenvalue weighted by Gasteiger charge is 2.24. The molecule has 0 aliphatic rings. The Bertz CT molecular complexity index is 930. The number of aromatic nitrogens is 2. The molecule has 0 unspecified atom stereocenters. The van der Waals surface area contributed by atoms with Crippen molar-refractivity contribution in [2.24, 2.45) is 5.73 Å². The number of carbonyl (C=O) groups excluding carboxylic acids is 1. The molecule has 26 heavy (non-hydrogen) atoms. The number of nitrogens with zero attached hydrogens (tertiary/aromatic N) is 2. The van der Waals surface area contributed by atoms with Gasteiger partial charge in [0.05, 0.1) is 17.8 Å². The Morgan fingerprint density at radius 1 is 1.23 bits per heavy atom. The van der Waals surface area contributed by atoms with Crippen LogP contribution in [0.4, 0.5) is 0 Å². The lowest BCUT2D eigenvalue weighted by molar-refractivity contribution is 0.1000. The second kappa shape index (κ2) is 7.44. The molecule has 3 aromatic rings. The molecule has 0 atom stereocenters. The van der Waals surface area contributed by atoms with Crippen molar-refractivity contribution >= 4 is 5.91 Å². The summed E-state index contributed by atoms with van der Waals surface area (Å²) in [7, 11) is 0. The first-order valence-electron chi connectivity index (χ1n) is 8.74. The number of hydrogen-bond donors (Lipinski definition) is 2. The molecule has 0 bridgehead atoms. The average molecular weight is 349 g/mol. The molecule has 0 aliphatic carbocycles. The van der Waals surface area contributed by atoms with Crippen LogP contribution in [0.5, 0.6) is 5.75 Å². The second-order valence-corrected chi connectivity index (χ2v) is 6.35. The number of hydrogen-bond acceptors (Lipinski definition) is 3. The normalized spacial score (nSPS) is 10.8. The van der Waals surface area contributed by atoms with E-state index in [1.807, 2.05) is 31.2 Å². The van der Waals surface area contributed by atoms with E-state index in [1.54, 1.807) is 24.4 Å². The Kier molecular flexibility index (Phi) is 5.07. The number of phenols is 1. The molecule has 0 radical (unpaired) electrons. The van der Waals surface area contributed by atoms with Gasteiger partial charge < -0.3 is 15.4 Å². The largest absolute Gasteiger partial charge is 0.508 e. The summed E-state index contributed by atoms with van der Waals surface area (Å²) < 4.78 is 2.12. The van der Waals surface area contributed by atoms with Gasteiger partial charge in [0, 0.05) is 23.1 Å². The summed E-state index contributed by atoms with van der Waals surface area (Å²) in [5, 5.41) is 9.90. The fourth-order valence-corrected chi connectivity index (χ4v) is 3.44. The maximum atomic E-state index is 12.3. The van der Waals surface area contributed by atoms with E-state index in [0.29, 0.717) is 12.1 Å². The van der Waals surface area contributed by atoms with Gasteiger partial charge >= 0.3 is 0 Å². The van der Waals surface area contributed by atoms with Gasteiger partial charge in [-0.3, -0.25) is 9.78 Å². The van der Waals surface area contributed by atoms with Gasteiger partial charge in [-0.25, -0.2) is 0 Å². The van der Waals surface area contributed by atoms with E-state index in [0.717, 1.165) is 41.1 Å². The molecule has 134 valence electrons. The molecular formula is C21H23N3O2. The van der Waals surface area contributed by atoms with Gasteiger partial charge in [0.15, 0.2) is 0 Å². The third kappa shape index (κ3) is 3.33. The van der Waals surface area contributed by atoms with Crippen LogP contribution in [0.3, 0.4) is 0 Å². The minimum atomic E-state index is -0.460. The highest BCUT2D eigenvalue weighted by molar-refractivity contribution is 6.02. The Balaban J connectivity index is 2.24. The van der Waals surface area contributed by atoms with Crippen molar-refractivity contribution < 1.29 is 9.90 Å². The molecule has 5 nitrogen and oxygen atoms in total. The molecular weight excluding hydrogens is 326 g/mol. The van der Waals surface area contributed by atoms with Crippen LogP contribution in [0.1, 0.15) is 40.8 Å². The van der Waals surface area contributed by atoms with Crippen LogP contribution in [0.15, 0.2) is 48.7 Å². The highest BCUT2D eigenvalue weighted by atomic mass is 16.3. The van der Waals surface area contributed by atoms with Crippen LogP contribution < -0.4 is 5.73 Å². The lowest BCUT2D eigenvalue weighted by Gasteiger charge is -2.12. The third-order valence-electron chi connectivity index (χ3n) is 4.55. The number of pyridine rings is 1. The Labute approximate surface area is 153 Å². The highest BCUT2D eigenvalue weighted by Crippen LogP contribution is 2.35. The van der Waals surface area contributed by atoms with Gasteiger partial charge in [-0.2, -0.15) is 0 Å². The third-order valence-corrected chi connectivity index (χ3v) is 4.55. The molecule has 2 heterocycles. The monoisotopic (exact) mass is 349 g/mol. The lowest BCUT2D eigenvalue weighted by atomic mass is 9.98. The summed E-state index contributed by atoms with van der Waals surface area (Å²) in [6.45, 7) is 4.58. The minimum Gasteiger partial charge on any atom is -0.508 e. The first-order chi connectivity index (χ1) is 12.5. The van der Waals surface area contributed by atoms with E-state index in [-0.39, 0.29) is 5.75 Å². The van der Waals surface area contributed by atoms with E-state index >= 15 is 0 Å². The number of amides is 1. The topological polar surface area (TPSA) is 81.1 Å². The molecule has 0 fully saturated rings. The smallest absolute Gasteiger partial charge is 0.251 e. The Morgan fingerprint density at radius 2 is 2.04 bits per heavy atom. The van der Waals surface area contributed by atoms with E-state index in [2.05, 4.69) is 16.5 Å². The van der Waals surface area contributed by atoms with Crippen molar-refractivity contribution in [3.63, 3.8) is 0 Å². The maximum absolute atomic E-state index is 12.3. The van der Waals surface area contributed by atoms with Crippen LogP contribution in [0.2, 0.25) is 0 Å². The molecule has 0 saturated carbocycles. The van der Waals surface area contributed by atoms with Crippen LogP contribution in [0.25, 0.3) is 11.1 Å². The number of nitrogens with two attached hydrogens (primary N) is 1. The zero-order chi connectivity index (χ0) is 18.7. The zero-order valence-electron chi connectivity index (χ0n) is 15.1. The molecule has 1 amide bonds. The van der Waals surface area contributed by atoms with Gasteiger partial charge in [-0.1, -0.05) is 31.5 Å². The standard InChI is InChI=1S/C21H23N3O2/c1-3-7-18-20(15-8-6-10-17(25)12-15)19(21(22)26)14(2)24(18)13-16-9-4-5-11-23-16/h4-6,8-12,25H,3,7,13H2,1-2H3,(H2,22,26). The second-order valence-electron chi connectivity index (χ2n) is 6.35. The van der Waals surface area contributed by atoms with Gasteiger partial charge in [0.25, 0.3) is 5.91 Å². The fourth-order valence-electron chi connectivity index (χ4n) is 3.44. The number of phenolic OH excluding ortho intramolecular Hbond substituents is 1. The molecule has 0 saturated heterocycles. The molecule has 2 aromatic heterocycles. The van der Waals surface area contributed by atoms with E-state index in [4.69, 9.17) is 5.73 Å². The Morgan fingerprint density at radius 3 is 2.65 bits per heavy atom. The van der Waals surface area contributed by atoms with Crippen molar-refractivity contribution in [2.45, 2.75) is 33.2 Å². The lowest BCUT2D eigenvalue weighted by Crippen LogP contribution is -2.13. The molecule has 3 rings (SSSR count). The Hall–Kier alpha value is -3.08. The number of primary amides is 1. The van der Waals surface area contributed by atoms with Crippen molar-refractivity contribution in [1.29, 1.82) is 0 Å². The minimum absolute atomic E-state index is 0.162. The van der Waals surface area contributed by atoms with Gasteiger partial charge in [-0.15, -0.1) is 0 Å². The van der Waals surface area contributed by atoms with Gasteiger partial charge in [0.2, 0.25) is 0 Å². The van der Waals surface area contributed by atoms with Gasteiger partial charge in [-0.05, 0) is 43.2 Å². The first-order valence-corrected chi connectivity index (χ1v) is 8.74.